The van der Waals surface area contributed by atoms with Gasteiger partial charge in [-0.25, -0.2) is 0 Å². The molecule has 0 N–H and O–H groups in total. The Hall–Kier alpha value is -0.720. The maximum Gasteiger partial charge on any atom is 0.0279 e. The summed E-state index contributed by atoms with van der Waals surface area (Å²) in [5.74, 6) is 1.80. The summed E-state index contributed by atoms with van der Waals surface area (Å²) in [7, 11) is 0. The van der Waals surface area contributed by atoms with E-state index in [1.165, 1.54) is 11.3 Å². The standard InChI is InChI=1S/C17H31N/c1-10(2)15-14(9)16(11(3)4)18(13(7)8)17(15)12(5)6/h10-13H,1-9H3. The van der Waals surface area contributed by atoms with Crippen molar-refractivity contribution in [1.29, 1.82) is 0 Å². The van der Waals surface area contributed by atoms with Gasteiger partial charge in [-0.15, -0.1) is 0 Å². The fourth-order valence-corrected chi connectivity index (χ4v) is 3.36. The van der Waals surface area contributed by atoms with Crippen molar-refractivity contribution in [2.45, 2.75) is 86.1 Å². The predicted octanol–water partition coefficient (Wildman–Crippen LogP) is 5.75. The summed E-state index contributed by atoms with van der Waals surface area (Å²) in [4.78, 5) is 0. The molecule has 1 heterocycles. The molecule has 0 saturated carbocycles. The third-order valence-electron chi connectivity index (χ3n) is 3.77. The van der Waals surface area contributed by atoms with Crippen molar-refractivity contribution in [2.24, 2.45) is 0 Å². The maximum atomic E-state index is 2.60. The minimum absolute atomic E-state index is 0.547. The van der Waals surface area contributed by atoms with Gasteiger partial charge in [0.1, 0.15) is 0 Å². The molecule has 0 aliphatic rings. The van der Waals surface area contributed by atoms with E-state index in [1.54, 1.807) is 11.3 Å². The fourth-order valence-electron chi connectivity index (χ4n) is 3.36. The smallest absolute Gasteiger partial charge is 0.0279 e. The third kappa shape index (κ3) is 2.50. The van der Waals surface area contributed by atoms with Gasteiger partial charge in [0.2, 0.25) is 0 Å². The summed E-state index contributed by atoms with van der Waals surface area (Å²) in [5, 5.41) is 0. The van der Waals surface area contributed by atoms with E-state index in [0.29, 0.717) is 23.8 Å². The minimum Gasteiger partial charge on any atom is -0.345 e. The van der Waals surface area contributed by atoms with E-state index >= 15 is 0 Å². The number of rotatable bonds is 4. The zero-order valence-corrected chi connectivity index (χ0v) is 13.8. The van der Waals surface area contributed by atoms with E-state index in [0.717, 1.165) is 0 Å². The Morgan fingerprint density at radius 1 is 0.667 bits per heavy atom. The van der Waals surface area contributed by atoms with Crippen LogP contribution in [0, 0.1) is 6.92 Å². The molecule has 0 aliphatic heterocycles. The second-order valence-electron chi connectivity index (χ2n) is 6.74. The Kier molecular flexibility index (Phi) is 4.69. The molecule has 0 unspecified atom stereocenters. The van der Waals surface area contributed by atoms with E-state index in [2.05, 4.69) is 66.9 Å². The summed E-state index contributed by atoms with van der Waals surface area (Å²) in [6.45, 7) is 20.8. The van der Waals surface area contributed by atoms with Crippen LogP contribution in [-0.4, -0.2) is 4.57 Å². The van der Waals surface area contributed by atoms with Crippen LogP contribution in [0.1, 0.15) is 102 Å². The SMILES string of the molecule is Cc1c(C(C)C)c(C(C)C)n(C(C)C)c1C(C)C. The molecule has 1 rings (SSSR count). The van der Waals surface area contributed by atoms with Crippen LogP contribution in [0.15, 0.2) is 0 Å². The second-order valence-corrected chi connectivity index (χ2v) is 6.74. The first kappa shape index (κ1) is 15.3. The molecule has 0 saturated heterocycles. The molecule has 1 aromatic heterocycles. The number of hydrogen-bond donors (Lipinski definition) is 0. The van der Waals surface area contributed by atoms with Gasteiger partial charge in [-0.3, -0.25) is 0 Å². The van der Waals surface area contributed by atoms with Gasteiger partial charge in [0.25, 0.3) is 0 Å². The molecule has 1 aromatic rings. The van der Waals surface area contributed by atoms with Gasteiger partial charge in [-0.2, -0.15) is 0 Å². The van der Waals surface area contributed by atoms with Gasteiger partial charge in [0.15, 0.2) is 0 Å². The molecule has 0 atom stereocenters. The molecular weight excluding hydrogens is 218 g/mol. The molecule has 1 heteroatoms. The summed E-state index contributed by atoms with van der Waals surface area (Å²) in [6, 6.07) is 0.547. The topological polar surface area (TPSA) is 4.93 Å². The highest BCUT2D eigenvalue weighted by atomic mass is 15.0. The number of hydrogen-bond acceptors (Lipinski definition) is 0. The summed E-state index contributed by atoms with van der Waals surface area (Å²) in [5.41, 5.74) is 6.21. The molecule has 0 radical (unpaired) electrons. The average molecular weight is 249 g/mol. The fraction of sp³-hybridized carbons (Fsp3) is 0.765. The van der Waals surface area contributed by atoms with Crippen LogP contribution in [0.2, 0.25) is 0 Å². The van der Waals surface area contributed by atoms with Crippen molar-refractivity contribution in [3.63, 3.8) is 0 Å². The van der Waals surface area contributed by atoms with Crippen molar-refractivity contribution in [2.75, 3.05) is 0 Å². The lowest BCUT2D eigenvalue weighted by Crippen LogP contribution is -2.12. The van der Waals surface area contributed by atoms with Gasteiger partial charge in [-0.1, -0.05) is 41.5 Å². The van der Waals surface area contributed by atoms with Crippen molar-refractivity contribution >= 4 is 0 Å². The number of aromatic nitrogens is 1. The van der Waals surface area contributed by atoms with E-state index in [9.17, 15) is 0 Å². The average Bonchev–Trinajstić information content (AvgIpc) is 2.51. The molecule has 0 aliphatic carbocycles. The van der Waals surface area contributed by atoms with Crippen LogP contribution in [-0.2, 0) is 0 Å². The normalized spacial score (nSPS) is 12.5. The molecule has 0 bridgehead atoms. The monoisotopic (exact) mass is 249 g/mol. The van der Waals surface area contributed by atoms with Crippen LogP contribution >= 0.6 is 0 Å². The van der Waals surface area contributed by atoms with Gasteiger partial charge in [0.05, 0.1) is 0 Å². The van der Waals surface area contributed by atoms with E-state index in [-0.39, 0.29) is 0 Å². The molecule has 0 aromatic carbocycles. The van der Waals surface area contributed by atoms with Crippen molar-refractivity contribution in [3.05, 3.63) is 22.5 Å². The largest absolute Gasteiger partial charge is 0.345 e. The third-order valence-corrected chi connectivity index (χ3v) is 3.77. The highest BCUT2D eigenvalue weighted by Gasteiger charge is 2.25. The Morgan fingerprint density at radius 2 is 1.11 bits per heavy atom. The minimum atomic E-state index is 0.547. The first-order valence-corrected chi connectivity index (χ1v) is 7.44. The van der Waals surface area contributed by atoms with Gasteiger partial charge < -0.3 is 4.57 Å². The van der Waals surface area contributed by atoms with Gasteiger partial charge in [0, 0.05) is 17.4 Å². The molecule has 0 fully saturated rings. The lowest BCUT2D eigenvalue weighted by Gasteiger charge is -2.22. The first-order valence-electron chi connectivity index (χ1n) is 7.44. The zero-order valence-electron chi connectivity index (χ0n) is 13.8. The van der Waals surface area contributed by atoms with E-state index in [4.69, 9.17) is 0 Å². The van der Waals surface area contributed by atoms with Crippen LogP contribution < -0.4 is 0 Å². The van der Waals surface area contributed by atoms with Crippen LogP contribution in [0.5, 0.6) is 0 Å². The van der Waals surface area contributed by atoms with Crippen LogP contribution in [0.4, 0.5) is 0 Å². The lowest BCUT2D eigenvalue weighted by atomic mass is 9.93. The van der Waals surface area contributed by atoms with Crippen molar-refractivity contribution in [3.8, 4) is 0 Å². The zero-order chi connectivity index (χ0) is 14.2. The van der Waals surface area contributed by atoms with Crippen molar-refractivity contribution in [1.82, 2.24) is 4.57 Å². The van der Waals surface area contributed by atoms with Crippen LogP contribution in [0.3, 0.4) is 0 Å². The quantitative estimate of drug-likeness (QED) is 0.640. The molecule has 18 heavy (non-hydrogen) atoms. The van der Waals surface area contributed by atoms with Crippen molar-refractivity contribution < 1.29 is 0 Å². The first-order chi connectivity index (χ1) is 8.20. The Balaban J connectivity index is 3.69. The highest BCUT2D eigenvalue weighted by Crippen LogP contribution is 2.38. The Labute approximate surface area is 114 Å². The van der Waals surface area contributed by atoms with Gasteiger partial charge in [-0.05, 0) is 49.7 Å². The second kappa shape index (κ2) is 5.50. The molecule has 0 amide bonds. The molecule has 1 nitrogen and oxygen atoms in total. The lowest BCUT2D eigenvalue weighted by molar-refractivity contribution is 0.521. The maximum absolute atomic E-state index is 2.60. The van der Waals surface area contributed by atoms with Crippen LogP contribution in [0.25, 0.3) is 0 Å². The highest BCUT2D eigenvalue weighted by molar-refractivity contribution is 5.43. The summed E-state index contributed by atoms with van der Waals surface area (Å²) in [6.07, 6.45) is 0. The van der Waals surface area contributed by atoms with E-state index < -0.39 is 0 Å². The summed E-state index contributed by atoms with van der Waals surface area (Å²) >= 11 is 0. The van der Waals surface area contributed by atoms with E-state index in [1.807, 2.05) is 0 Å². The molecule has 104 valence electrons. The Morgan fingerprint density at radius 3 is 1.39 bits per heavy atom. The summed E-state index contributed by atoms with van der Waals surface area (Å²) < 4.78 is 2.60. The molecular formula is C17H31N. The number of nitrogens with zero attached hydrogens (tertiary/aromatic N) is 1. The van der Waals surface area contributed by atoms with Gasteiger partial charge >= 0.3 is 0 Å². The Bertz CT molecular complexity index is 368. The molecule has 0 spiro atoms. The predicted molar refractivity (Wildman–Crippen MR) is 81.8 cm³/mol.